The van der Waals surface area contributed by atoms with Crippen molar-refractivity contribution in [3.8, 4) is 0 Å². The van der Waals surface area contributed by atoms with E-state index in [4.69, 9.17) is 11.5 Å². The van der Waals surface area contributed by atoms with Gasteiger partial charge in [0.2, 0.25) is 0 Å². The molecular formula is C25H22N2. The number of benzene rings is 3. The van der Waals surface area contributed by atoms with Gasteiger partial charge in [-0.05, 0) is 46.5 Å². The van der Waals surface area contributed by atoms with Gasteiger partial charge in [-0.1, -0.05) is 72.8 Å². The van der Waals surface area contributed by atoms with Gasteiger partial charge in [0.15, 0.2) is 0 Å². The Morgan fingerprint density at radius 1 is 0.630 bits per heavy atom. The van der Waals surface area contributed by atoms with Gasteiger partial charge in [0, 0.05) is 23.2 Å². The fraction of sp³-hybridized carbons (Fsp3) is 0.120. The lowest BCUT2D eigenvalue weighted by atomic mass is 9.63. The monoisotopic (exact) mass is 350 g/mol. The third-order valence-corrected chi connectivity index (χ3v) is 6.11. The summed E-state index contributed by atoms with van der Waals surface area (Å²) in [6.45, 7) is 0. The minimum absolute atomic E-state index is 0.260. The van der Waals surface area contributed by atoms with Crippen LogP contribution in [0.3, 0.4) is 0 Å². The van der Waals surface area contributed by atoms with Crippen molar-refractivity contribution in [3.05, 3.63) is 119 Å². The Morgan fingerprint density at radius 3 is 1.81 bits per heavy atom. The van der Waals surface area contributed by atoms with Crippen molar-refractivity contribution in [2.75, 3.05) is 11.5 Å². The molecule has 0 radical (unpaired) electrons. The Labute approximate surface area is 159 Å². The van der Waals surface area contributed by atoms with Crippen LogP contribution in [-0.2, 0) is 5.41 Å². The number of hydrogen-bond acceptors (Lipinski definition) is 2. The van der Waals surface area contributed by atoms with Crippen LogP contribution < -0.4 is 11.5 Å². The van der Waals surface area contributed by atoms with Crippen molar-refractivity contribution in [1.82, 2.24) is 0 Å². The number of rotatable bonds is 2. The molecule has 5 rings (SSSR count). The molecule has 132 valence electrons. The Morgan fingerprint density at radius 2 is 1.19 bits per heavy atom. The van der Waals surface area contributed by atoms with Crippen molar-refractivity contribution < 1.29 is 0 Å². The van der Waals surface area contributed by atoms with Gasteiger partial charge in [-0.15, -0.1) is 0 Å². The summed E-state index contributed by atoms with van der Waals surface area (Å²) in [5.41, 5.74) is 18.6. The molecule has 0 amide bonds. The highest BCUT2D eigenvalue weighted by Gasteiger charge is 2.52. The van der Waals surface area contributed by atoms with Gasteiger partial charge in [-0.25, -0.2) is 0 Å². The van der Waals surface area contributed by atoms with Crippen LogP contribution in [0.1, 0.15) is 28.2 Å². The Kier molecular flexibility index (Phi) is 3.48. The lowest BCUT2D eigenvalue weighted by molar-refractivity contribution is 0.457. The number of allylic oxidation sites excluding steroid dienone is 4. The zero-order valence-corrected chi connectivity index (χ0v) is 15.0. The van der Waals surface area contributed by atoms with E-state index in [9.17, 15) is 0 Å². The minimum atomic E-state index is -0.260. The quantitative estimate of drug-likeness (QED) is 0.637. The number of fused-ring (bicyclic) bond motifs is 3. The fourth-order valence-electron chi connectivity index (χ4n) is 5.00. The molecule has 3 aromatic rings. The first-order valence-corrected chi connectivity index (χ1v) is 9.37. The van der Waals surface area contributed by atoms with Gasteiger partial charge in [0.25, 0.3) is 0 Å². The third-order valence-electron chi connectivity index (χ3n) is 6.11. The molecule has 4 N–H and O–H groups in total. The Balaban J connectivity index is 1.88. The first kappa shape index (κ1) is 16.0. The van der Waals surface area contributed by atoms with E-state index in [1.807, 2.05) is 24.3 Å². The van der Waals surface area contributed by atoms with Crippen LogP contribution in [0.15, 0.2) is 97.1 Å². The van der Waals surface area contributed by atoms with E-state index >= 15 is 0 Å². The second kappa shape index (κ2) is 5.88. The molecule has 27 heavy (non-hydrogen) atoms. The first-order valence-electron chi connectivity index (χ1n) is 9.37. The number of anilines is 2. The van der Waals surface area contributed by atoms with Crippen LogP contribution in [0.25, 0.3) is 0 Å². The molecule has 0 fully saturated rings. The summed E-state index contributed by atoms with van der Waals surface area (Å²) >= 11 is 0. The maximum atomic E-state index is 6.01. The van der Waals surface area contributed by atoms with E-state index in [2.05, 4.69) is 72.8 Å². The molecule has 0 heterocycles. The topological polar surface area (TPSA) is 52.0 Å². The highest BCUT2D eigenvalue weighted by molar-refractivity contribution is 5.64. The molecule has 2 unspecified atom stereocenters. The molecule has 0 bridgehead atoms. The van der Waals surface area contributed by atoms with Gasteiger partial charge >= 0.3 is 0 Å². The molecule has 2 aliphatic rings. The summed E-state index contributed by atoms with van der Waals surface area (Å²) in [4.78, 5) is 0. The predicted octanol–water partition coefficient (Wildman–Crippen LogP) is 5.02. The fourth-order valence-corrected chi connectivity index (χ4v) is 5.00. The van der Waals surface area contributed by atoms with E-state index in [-0.39, 0.29) is 5.41 Å². The van der Waals surface area contributed by atoms with Gasteiger partial charge in [0.1, 0.15) is 0 Å². The van der Waals surface area contributed by atoms with Crippen molar-refractivity contribution in [3.63, 3.8) is 0 Å². The maximum absolute atomic E-state index is 6.01. The second-order valence-corrected chi connectivity index (χ2v) is 7.46. The van der Waals surface area contributed by atoms with Crippen molar-refractivity contribution >= 4 is 11.4 Å². The standard InChI is InChI=1S/C25H22N2/c26-19-13-9-17(10-14-19)25(18-11-15-20(27)16-12-18)23-7-3-1-5-21(23)22-6-2-4-8-24(22)25/h1-16,21,23H,26-27H2. The number of nitrogen functional groups attached to an aromatic ring is 2. The predicted molar refractivity (Wildman–Crippen MR) is 113 cm³/mol. The van der Waals surface area contributed by atoms with Gasteiger partial charge in [0.05, 0.1) is 5.41 Å². The SMILES string of the molecule is Nc1ccc(C2(c3ccc(N)cc3)c3ccccc3C3C=CC=CC32)cc1. The third kappa shape index (κ3) is 2.20. The zero-order chi connectivity index (χ0) is 18.4. The molecule has 2 nitrogen and oxygen atoms in total. The molecule has 0 saturated carbocycles. The van der Waals surface area contributed by atoms with Gasteiger partial charge in [-0.2, -0.15) is 0 Å². The van der Waals surface area contributed by atoms with Crippen LogP contribution in [0.5, 0.6) is 0 Å². The van der Waals surface area contributed by atoms with E-state index in [1.54, 1.807) is 0 Å². The molecule has 0 spiro atoms. The number of nitrogens with two attached hydrogens (primary N) is 2. The summed E-state index contributed by atoms with van der Waals surface area (Å²) in [7, 11) is 0. The number of hydrogen-bond donors (Lipinski definition) is 2. The smallest absolute Gasteiger partial charge is 0.0525 e. The normalized spacial score (nSPS) is 21.6. The summed E-state index contributed by atoms with van der Waals surface area (Å²) < 4.78 is 0. The summed E-state index contributed by atoms with van der Waals surface area (Å²) in [6.07, 6.45) is 9.04. The van der Waals surface area contributed by atoms with E-state index in [1.165, 1.54) is 22.3 Å². The molecule has 2 atom stereocenters. The van der Waals surface area contributed by atoms with Gasteiger partial charge in [-0.3, -0.25) is 0 Å². The second-order valence-electron chi connectivity index (χ2n) is 7.46. The van der Waals surface area contributed by atoms with Crippen molar-refractivity contribution in [2.24, 2.45) is 5.92 Å². The lowest BCUT2D eigenvalue weighted by Crippen LogP contribution is -2.35. The minimum Gasteiger partial charge on any atom is -0.399 e. The molecule has 2 heteroatoms. The van der Waals surface area contributed by atoms with Crippen LogP contribution >= 0.6 is 0 Å². The average Bonchev–Trinajstić information content (AvgIpc) is 3.01. The van der Waals surface area contributed by atoms with E-state index < -0.39 is 0 Å². The summed E-state index contributed by atoms with van der Waals surface area (Å²) in [5.74, 6) is 0.674. The van der Waals surface area contributed by atoms with Gasteiger partial charge < -0.3 is 11.5 Å². The molecule has 3 aromatic carbocycles. The lowest BCUT2D eigenvalue weighted by Gasteiger charge is -2.39. The molecule has 2 aliphatic carbocycles. The zero-order valence-electron chi connectivity index (χ0n) is 15.0. The highest BCUT2D eigenvalue weighted by atomic mass is 14.6. The van der Waals surface area contributed by atoms with Crippen LogP contribution in [0.4, 0.5) is 11.4 Å². The van der Waals surface area contributed by atoms with E-state index in [0.29, 0.717) is 11.8 Å². The molecule has 0 saturated heterocycles. The molecule has 0 aliphatic heterocycles. The summed E-state index contributed by atoms with van der Waals surface area (Å²) in [5, 5.41) is 0. The Bertz CT molecular complexity index is 997. The van der Waals surface area contributed by atoms with Crippen LogP contribution in [0.2, 0.25) is 0 Å². The largest absolute Gasteiger partial charge is 0.399 e. The molecule has 0 aromatic heterocycles. The highest BCUT2D eigenvalue weighted by Crippen LogP contribution is 2.59. The summed E-state index contributed by atoms with van der Waals surface area (Å²) in [6, 6.07) is 25.6. The van der Waals surface area contributed by atoms with Crippen LogP contribution in [0, 0.1) is 5.92 Å². The van der Waals surface area contributed by atoms with Crippen molar-refractivity contribution in [2.45, 2.75) is 11.3 Å². The first-order chi connectivity index (χ1) is 13.2. The Hall–Kier alpha value is -3.26. The average molecular weight is 350 g/mol. The van der Waals surface area contributed by atoms with Crippen LogP contribution in [-0.4, -0.2) is 0 Å². The van der Waals surface area contributed by atoms with E-state index in [0.717, 1.165) is 11.4 Å². The molecular weight excluding hydrogens is 328 g/mol. The van der Waals surface area contributed by atoms with Crippen molar-refractivity contribution in [1.29, 1.82) is 0 Å². The maximum Gasteiger partial charge on any atom is 0.0525 e.